The first kappa shape index (κ1) is 29.5. The molecule has 8 atom stereocenters. The number of hydrogen-bond acceptors (Lipinski definition) is 8. The van der Waals surface area contributed by atoms with Crippen molar-refractivity contribution >= 4 is 11.8 Å². The van der Waals surface area contributed by atoms with Gasteiger partial charge in [-0.1, -0.05) is 6.92 Å². The summed E-state index contributed by atoms with van der Waals surface area (Å²) in [5.41, 5.74) is -1.21. The number of carbonyl (C=O) groups is 2. The van der Waals surface area contributed by atoms with Crippen molar-refractivity contribution in [2.45, 2.75) is 90.1 Å². The molecule has 0 aromatic carbocycles. The molecule has 2 aliphatic rings. The summed E-state index contributed by atoms with van der Waals surface area (Å²) in [4.78, 5) is 28.6. The van der Waals surface area contributed by atoms with E-state index in [0.717, 1.165) is 0 Å². The topological polar surface area (TPSA) is 132 Å². The van der Waals surface area contributed by atoms with Gasteiger partial charge in [0.05, 0.1) is 17.6 Å². The molecule has 10 heteroatoms. The third-order valence-electron chi connectivity index (χ3n) is 7.12. The molecule has 10 nitrogen and oxygen atoms in total. The number of likely N-dealkylation sites (N-methyl/N-ethyl adjacent to an activating group) is 1. The van der Waals surface area contributed by atoms with Gasteiger partial charge in [0.1, 0.15) is 18.0 Å². The number of nitrogens with zero attached hydrogens (tertiary/aromatic N) is 2. The van der Waals surface area contributed by atoms with Gasteiger partial charge in [-0.2, -0.15) is 0 Å². The highest BCUT2D eigenvalue weighted by atomic mass is 16.7. The van der Waals surface area contributed by atoms with Gasteiger partial charge in [-0.15, -0.1) is 0 Å². The van der Waals surface area contributed by atoms with Crippen LogP contribution in [0.5, 0.6) is 0 Å². The van der Waals surface area contributed by atoms with Crippen LogP contribution in [0.2, 0.25) is 0 Å². The Bertz CT molecular complexity index is 785. The minimum absolute atomic E-state index is 0.0967. The largest absolute Gasteiger partial charge is 0.511 e. The molecule has 35 heavy (non-hydrogen) atoms. The molecular weight excluding hydrogens is 454 g/mol. The van der Waals surface area contributed by atoms with Gasteiger partial charge < -0.3 is 39.9 Å². The molecule has 0 aromatic heterocycles. The number of amides is 2. The minimum Gasteiger partial charge on any atom is -0.511 e. The maximum Gasteiger partial charge on any atom is 0.230 e. The van der Waals surface area contributed by atoms with Crippen LogP contribution in [-0.4, -0.2) is 107 Å². The van der Waals surface area contributed by atoms with Crippen LogP contribution in [0.4, 0.5) is 0 Å². The van der Waals surface area contributed by atoms with E-state index in [4.69, 9.17) is 9.47 Å². The predicted octanol–water partition coefficient (Wildman–Crippen LogP) is 1.02. The van der Waals surface area contributed by atoms with Crippen LogP contribution in [0.25, 0.3) is 0 Å². The van der Waals surface area contributed by atoms with Crippen LogP contribution in [0.3, 0.4) is 0 Å². The van der Waals surface area contributed by atoms with Crippen molar-refractivity contribution in [1.29, 1.82) is 0 Å². The average Bonchev–Trinajstić information content (AvgIpc) is 2.76. The first-order valence-corrected chi connectivity index (χ1v) is 12.4. The van der Waals surface area contributed by atoms with Crippen LogP contribution in [0.1, 0.15) is 53.9 Å². The Kier molecular flexibility index (Phi) is 10.1. The van der Waals surface area contributed by atoms with Gasteiger partial charge in [0.2, 0.25) is 11.8 Å². The quantitative estimate of drug-likeness (QED) is 0.453. The van der Waals surface area contributed by atoms with Crippen molar-refractivity contribution in [1.82, 2.24) is 15.1 Å². The summed E-state index contributed by atoms with van der Waals surface area (Å²) in [6.07, 6.45) is -2.29. The Morgan fingerprint density at radius 2 is 1.86 bits per heavy atom. The van der Waals surface area contributed by atoms with Crippen molar-refractivity contribution in [3.8, 4) is 0 Å². The van der Waals surface area contributed by atoms with Gasteiger partial charge in [-0.25, -0.2) is 0 Å². The van der Waals surface area contributed by atoms with Crippen LogP contribution in [-0.2, 0) is 19.1 Å². The van der Waals surface area contributed by atoms with Gasteiger partial charge in [-0.05, 0) is 66.1 Å². The van der Waals surface area contributed by atoms with Crippen molar-refractivity contribution in [2.24, 2.45) is 11.8 Å². The molecule has 4 N–H and O–H groups in total. The van der Waals surface area contributed by atoms with E-state index >= 15 is 0 Å². The van der Waals surface area contributed by atoms with E-state index in [9.17, 15) is 24.9 Å². The minimum atomic E-state index is -1.50. The summed E-state index contributed by atoms with van der Waals surface area (Å²) in [6.45, 7) is 9.17. The van der Waals surface area contributed by atoms with Gasteiger partial charge in [0, 0.05) is 32.6 Å². The monoisotopic (exact) mass is 499 g/mol. The Morgan fingerprint density at radius 1 is 1.23 bits per heavy atom. The first-order valence-electron chi connectivity index (χ1n) is 12.4. The summed E-state index contributed by atoms with van der Waals surface area (Å²) < 4.78 is 12.2. The van der Waals surface area contributed by atoms with Crippen LogP contribution in [0.15, 0.2) is 11.3 Å². The van der Waals surface area contributed by atoms with Gasteiger partial charge in [0.25, 0.3) is 0 Å². The molecule has 2 amide bonds. The number of carbonyl (C=O) groups excluding carboxylic acids is 2. The molecule has 0 aromatic rings. The summed E-state index contributed by atoms with van der Waals surface area (Å²) in [5, 5.41) is 36.4. The molecule has 2 rings (SSSR count). The fraction of sp³-hybridized carbons (Fsp3) is 0.840. The lowest BCUT2D eigenvalue weighted by atomic mass is 9.83. The molecular formula is C25H45N3O7. The number of nitrogens with one attached hydrogen (secondary N) is 1. The zero-order valence-electron chi connectivity index (χ0n) is 22.4. The van der Waals surface area contributed by atoms with Crippen molar-refractivity contribution in [2.75, 3.05) is 34.2 Å². The second-order valence-corrected chi connectivity index (χ2v) is 10.9. The highest BCUT2D eigenvalue weighted by molar-refractivity contribution is 5.82. The number of hydrogen-bond donors (Lipinski definition) is 4. The highest BCUT2D eigenvalue weighted by Gasteiger charge is 2.45. The van der Waals surface area contributed by atoms with Gasteiger partial charge in [0.15, 0.2) is 6.29 Å². The molecule has 0 saturated carbocycles. The number of ether oxygens (including phenoxy) is 2. The van der Waals surface area contributed by atoms with Crippen molar-refractivity contribution in [3.63, 3.8) is 0 Å². The lowest BCUT2D eigenvalue weighted by Crippen LogP contribution is -2.57. The van der Waals surface area contributed by atoms with Crippen LogP contribution >= 0.6 is 0 Å². The molecule has 202 valence electrons. The molecule has 1 fully saturated rings. The maximum atomic E-state index is 12.6. The first-order chi connectivity index (χ1) is 16.2. The number of aliphatic hydroxyl groups excluding tert-OH is 2. The normalized spacial score (nSPS) is 41.0. The molecule has 0 radical (unpaired) electrons. The SMILES string of the molecule is C/C1=C(/O)[C@@H](C)C(=O)NCCC(=O)N(C)C[C@H](C)CC(C)(O)[C@@H]1O[C@@H]1O[C@H](C)C[C@H](N(C)C)[C@H]1O. The fourth-order valence-corrected chi connectivity index (χ4v) is 5.19. The van der Waals surface area contributed by atoms with Crippen molar-refractivity contribution < 1.29 is 34.4 Å². The molecule has 2 aliphatic heterocycles. The van der Waals surface area contributed by atoms with E-state index in [2.05, 4.69) is 5.32 Å². The predicted molar refractivity (Wildman–Crippen MR) is 131 cm³/mol. The lowest BCUT2D eigenvalue weighted by molar-refractivity contribution is -0.281. The Morgan fingerprint density at radius 3 is 2.46 bits per heavy atom. The van der Waals surface area contributed by atoms with E-state index in [-0.39, 0.29) is 49.1 Å². The third-order valence-corrected chi connectivity index (χ3v) is 7.12. The molecule has 2 heterocycles. The fourth-order valence-electron chi connectivity index (χ4n) is 5.19. The number of rotatable bonds is 3. The third kappa shape index (κ3) is 7.39. The number of aliphatic hydroxyl groups is 3. The second kappa shape index (κ2) is 12.0. The summed E-state index contributed by atoms with van der Waals surface area (Å²) in [6, 6.07) is -0.214. The molecule has 1 saturated heterocycles. The zero-order chi connectivity index (χ0) is 26.7. The maximum absolute atomic E-state index is 12.6. The Hall–Kier alpha value is -1.72. The summed E-state index contributed by atoms with van der Waals surface area (Å²) >= 11 is 0. The molecule has 0 bridgehead atoms. The standard InChI is InChI=1S/C25H45N3O7/c1-14-12-25(5,33)22(35-24-21(31)18(27(6)7)11-15(2)34-24)16(3)20(30)17(4)23(32)26-10-9-19(29)28(8)13-14/h14-15,17-18,21-22,24,30-31,33H,9-13H2,1-8H3,(H,26,32)/b20-16-/t14-,15-,17-,18+,21-,22-,24+,25?/m1/s1. The Balaban J connectivity index is 2.47. The molecule has 1 unspecified atom stereocenters. The lowest BCUT2D eigenvalue weighted by Gasteiger charge is -2.44. The smallest absolute Gasteiger partial charge is 0.230 e. The van der Waals surface area contributed by atoms with E-state index in [1.165, 1.54) is 0 Å². The highest BCUT2D eigenvalue weighted by Crippen LogP contribution is 2.34. The molecule has 0 spiro atoms. The zero-order valence-corrected chi connectivity index (χ0v) is 22.4. The summed E-state index contributed by atoms with van der Waals surface area (Å²) in [7, 11) is 5.44. The van der Waals surface area contributed by atoms with E-state index in [1.807, 2.05) is 32.8 Å². The molecule has 0 aliphatic carbocycles. The van der Waals surface area contributed by atoms with E-state index < -0.39 is 35.9 Å². The average molecular weight is 500 g/mol. The van der Waals surface area contributed by atoms with Crippen LogP contribution < -0.4 is 5.32 Å². The van der Waals surface area contributed by atoms with E-state index in [0.29, 0.717) is 18.5 Å². The Labute approximate surface area is 209 Å². The van der Waals surface area contributed by atoms with E-state index in [1.54, 1.807) is 32.7 Å². The van der Waals surface area contributed by atoms with Gasteiger partial charge in [-0.3, -0.25) is 9.59 Å². The van der Waals surface area contributed by atoms with Crippen molar-refractivity contribution in [3.05, 3.63) is 11.3 Å². The summed E-state index contributed by atoms with van der Waals surface area (Å²) in [5.74, 6) is -1.79. The van der Waals surface area contributed by atoms with Gasteiger partial charge >= 0.3 is 0 Å². The second-order valence-electron chi connectivity index (χ2n) is 10.9. The van der Waals surface area contributed by atoms with Crippen LogP contribution in [0, 0.1) is 11.8 Å².